The van der Waals surface area contributed by atoms with Gasteiger partial charge in [0.25, 0.3) is 0 Å². The van der Waals surface area contributed by atoms with Gasteiger partial charge in [-0.3, -0.25) is 0 Å². The predicted octanol–water partition coefficient (Wildman–Crippen LogP) is 3.75. The van der Waals surface area contributed by atoms with E-state index in [2.05, 4.69) is 4.99 Å². The van der Waals surface area contributed by atoms with Crippen LogP contribution in [0.15, 0.2) is 53.2 Å². The fourth-order valence-corrected chi connectivity index (χ4v) is 2.59. The quantitative estimate of drug-likeness (QED) is 0.616. The molecule has 0 aliphatic carbocycles. The number of hydrogen-bond donors (Lipinski definition) is 0. The maximum Gasteiger partial charge on any atom is 0.363 e. The van der Waals surface area contributed by atoms with Gasteiger partial charge in [0.2, 0.25) is 5.90 Å². The highest BCUT2D eigenvalue weighted by molar-refractivity contribution is 6.13. The largest absolute Gasteiger partial charge is 0.493 e. The zero-order valence-corrected chi connectivity index (χ0v) is 14.4. The summed E-state index contributed by atoms with van der Waals surface area (Å²) in [4.78, 5) is 16.6. The number of para-hydroxylation sites is 1. The summed E-state index contributed by atoms with van der Waals surface area (Å²) in [6, 6.07) is 13.1. The van der Waals surface area contributed by atoms with E-state index in [1.165, 1.54) is 0 Å². The van der Waals surface area contributed by atoms with Gasteiger partial charge in [-0.2, -0.15) is 0 Å². The van der Waals surface area contributed by atoms with Crippen molar-refractivity contribution in [1.82, 2.24) is 0 Å². The van der Waals surface area contributed by atoms with Crippen LogP contribution in [0.5, 0.6) is 11.5 Å². The molecule has 0 bridgehead atoms. The Hall–Kier alpha value is -3.08. The molecule has 0 saturated carbocycles. The number of hydrogen-bond acceptors (Lipinski definition) is 5. The van der Waals surface area contributed by atoms with Crippen molar-refractivity contribution < 1.29 is 19.0 Å². The van der Waals surface area contributed by atoms with Gasteiger partial charge in [-0.25, -0.2) is 9.79 Å². The predicted molar refractivity (Wildman–Crippen MR) is 95.9 cm³/mol. The molecule has 25 heavy (non-hydrogen) atoms. The average Bonchev–Trinajstić information content (AvgIpc) is 2.97. The van der Waals surface area contributed by atoms with Crippen LogP contribution in [-0.2, 0) is 9.53 Å². The Morgan fingerprint density at radius 3 is 2.68 bits per heavy atom. The van der Waals surface area contributed by atoms with Crippen molar-refractivity contribution in [3.8, 4) is 11.5 Å². The van der Waals surface area contributed by atoms with Crippen molar-refractivity contribution in [2.75, 3.05) is 13.7 Å². The Morgan fingerprint density at radius 2 is 1.96 bits per heavy atom. The summed E-state index contributed by atoms with van der Waals surface area (Å²) in [5.74, 6) is 1.01. The third kappa shape index (κ3) is 3.40. The van der Waals surface area contributed by atoms with Crippen LogP contribution in [0.3, 0.4) is 0 Å². The summed E-state index contributed by atoms with van der Waals surface area (Å²) in [6.07, 6.45) is 1.65. The zero-order chi connectivity index (χ0) is 17.8. The Bertz CT molecular complexity index is 868. The maximum atomic E-state index is 12.2. The van der Waals surface area contributed by atoms with Gasteiger partial charge in [0.05, 0.1) is 13.7 Å². The standard InChI is InChI=1S/C20H19NO4/c1-4-24-18-14(9-7-11-17(18)23-3)12-16-20(22)25-19(21-16)15-10-6-5-8-13(15)2/h5-12H,4H2,1-3H3/b16-12-. The fraction of sp³-hybridized carbons (Fsp3) is 0.200. The molecule has 3 rings (SSSR count). The van der Waals surface area contributed by atoms with Gasteiger partial charge in [-0.15, -0.1) is 0 Å². The van der Waals surface area contributed by atoms with Gasteiger partial charge in [-0.1, -0.05) is 30.3 Å². The van der Waals surface area contributed by atoms with Crippen LogP contribution in [0.2, 0.25) is 0 Å². The van der Waals surface area contributed by atoms with Crippen LogP contribution in [0.1, 0.15) is 23.6 Å². The number of nitrogens with zero attached hydrogens (tertiary/aromatic N) is 1. The number of carbonyl (C=O) groups is 1. The highest BCUT2D eigenvalue weighted by Gasteiger charge is 2.25. The molecule has 0 amide bonds. The van der Waals surface area contributed by atoms with Crippen LogP contribution < -0.4 is 9.47 Å². The minimum atomic E-state index is -0.483. The third-order valence-electron chi connectivity index (χ3n) is 3.81. The lowest BCUT2D eigenvalue weighted by Gasteiger charge is -2.11. The number of esters is 1. The number of ether oxygens (including phenoxy) is 3. The Kier molecular flexibility index (Phi) is 4.84. The van der Waals surface area contributed by atoms with E-state index in [1.807, 2.05) is 56.3 Å². The number of aliphatic imine (C=N–C) groups is 1. The van der Waals surface area contributed by atoms with Crippen LogP contribution >= 0.6 is 0 Å². The van der Waals surface area contributed by atoms with E-state index in [9.17, 15) is 4.79 Å². The average molecular weight is 337 g/mol. The van der Waals surface area contributed by atoms with Crippen molar-refractivity contribution in [2.45, 2.75) is 13.8 Å². The fourth-order valence-electron chi connectivity index (χ4n) is 2.59. The molecule has 0 spiro atoms. The van der Waals surface area contributed by atoms with E-state index in [0.717, 1.165) is 11.1 Å². The van der Waals surface area contributed by atoms with Crippen molar-refractivity contribution in [2.24, 2.45) is 4.99 Å². The zero-order valence-electron chi connectivity index (χ0n) is 14.4. The summed E-state index contributed by atoms with van der Waals surface area (Å²) >= 11 is 0. The topological polar surface area (TPSA) is 57.1 Å². The van der Waals surface area contributed by atoms with Crippen molar-refractivity contribution in [1.29, 1.82) is 0 Å². The molecule has 1 aliphatic heterocycles. The second-order valence-corrected chi connectivity index (χ2v) is 5.46. The molecule has 0 N–H and O–H groups in total. The number of rotatable bonds is 5. The Labute approximate surface area is 146 Å². The molecule has 0 saturated heterocycles. The van der Waals surface area contributed by atoms with Gasteiger partial charge >= 0.3 is 5.97 Å². The molecule has 2 aromatic rings. The first kappa shape index (κ1) is 16.8. The number of methoxy groups -OCH3 is 1. The van der Waals surface area contributed by atoms with Gasteiger partial charge < -0.3 is 14.2 Å². The third-order valence-corrected chi connectivity index (χ3v) is 3.81. The molecule has 1 heterocycles. The molecule has 0 fully saturated rings. The van der Waals surface area contributed by atoms with Crippen LogP contribution in [0, 0.1) is 6.92 Å². The van der Waals surface area contributed by atoms with E-state index in [-0.39, 0.29) is 5.70 Å². The molecule has 5 nitrogen and oxygen atoms in total. The molecule has 1 aliphatic rings. The van der Waals surface area contributed by atoms with Crippen LogP contribution in [0.25, 0.3) is 6.08 Å². The van der Waals surface area contributed by atoms with Crippen molar-refractivity contribution in [3.63, 3.8) is 0 Å². The summed E-state index contributed by atoms with van der Waals surface area (Å²) in [6.45, 7) is 4.32. The summed E-state index contributed by atoms with van der Waals surface area (Å²) in [7, 11) is 1.58. The van der Waals surface area contributed by atoms with E-state index in [1.54, 1.807) is 13.2 Å². The van der Waals surface area contributed by atoms with Gasteiger partial charge in [0, 0.05) is 11.1 Å². The van der Waals surface area contributed by atoms with Crippen LogP contribution in [0.4, 0.5) is 0 Å². The molecular formula is C20H19NO4. The molecule has 2 aromatic carbocycles. The number of benzene rings is 2. The van der Waals surface area contributed by atoms with E-state index in [4.69, 9.17) is 14.2 Å². The molecule has 0 radical (unpaired) electrons. The van der Waals surface area contributed by atoms with Crippen molar-refractivity contribution in [3.05, 3.63) is 64.9 Å². The van der Waals surface area contributed by atoms with E-state index >= 15 is 0 Å². The van der Waals surface area contributed by atoms with Gasteiger partial charge in [0.15, 0.2) is 17.2 Å². The normalized spacial score (nSPS) is 15.1. The van der Waals surface area contributed by atoms with E-state index < -0.39 is 5.97 Å². The first-order valence-electron chi connectivity index (χ1n) is 8.02. The lowest BCUT2D eigenvalue weighted by molar-refractivity contribution is -0.129. The second-order valence-electron chi connectivity index (χ2n) is 5.46. The first-order chi connectivity index (χ1) is 12.1. The number of aryl methyl sites for hydroxylation is 1. The molecule has 0 atom stereocenters. The lowest BCUT2D eigenvalue weighted by Crippen LogP contribution is -2.06. The monoisotopic (exact) mass is 337 g/mol. The molecular weight excluding hydrogens is 318 g/mol. The smallest absolute Gasteiger partial charge is 0.363 e. The molecule has 0 aromatic heterocycles. The van der Waals surface area contributed by atoms with Gasteiger partial charge in [0.1, 0.15) is 0 Å². The van der Waals surface area contributed by atoms with Crippen LogP contribution in [-0.4, -0.2) is 25.6 Å². The number of carbonyl (C=O) groups excluding carboxylic acids is 1. The lowest BCUT2D eigenvalue weighted by atomic mass is 10.1. The minimum absolute atomic E-state index is 0.229. The Balaban J connectivity index is 2.02. The molecule has 5 heteroatoms. The first-order valence-corrected chi connectivity index (χ1v) is 8.02. The van der Waals surface area contributed by atoms with E-state index in [0.29, 0.717) is 29.6 Å². The summed E-state index contributed by atoms with van der Waals surface area (Å²) in [5, 5.41) is 0. The number of cyclic esters (lactones) is 1. The SMILES string of the molecule is CCOc1c(/C=C2\N=C(c3ccccc3C)OC2=O)cccc1OC. The summed E-state index contributed by atoms with van der Waals surface area (Å²) < 4.78 is 16.3. The molecule has 0 unspecified atom stereocenters. The highest BCUT2D eigenvalue weighted by atomic mass is 16.6. The minimum Gasteiger partial charge on any atom is -0.493 e. The second kappa shape index (κ2) is 7.21. The maximum absolute atomic E-state index is 12.2. The highest BCUT2D eigenvalue weighted by Crippen LogP contribution is 2.33. The Morgan fingerprint density at radius 1 is 1.16 bits per heavy atom. The summed E-state index contributed by atoms with van der Waals surface area (Å²) in [5.41, 5.74) is 2.73. The van der Waals surface area contributed by atoms with Crippen molar-refractivity contribution >= 4 is 17.9 Å². The molecule has 128 valence electrons. The van der Waals surface area contributed by atoms with Gasteiger partial charge in [-0.05, 0) is 37.6 Å².